The fraction of sp³-hybridized carbons (Fsp3) is 0.615. The first-order valence-corrected chi connectivity index (χ1v) is 7.04. The molecule has 5 nitrogen and oxygen atoms in total. The van der Waals surface area contributed by atoms with Gasteiger partial charge in [-0.2, -0.15) is 0 Å². The average Bonchev–Trinajstić information content (AvgIpc) is 2.63. The number of carbonyl (C=O) groups is 2. The molecule has 6 heteroatoms. The van der Waals surface area contributed by atoms with E-state index in [-0.39, 0.29) is 30.1 Å². The number of nitrogens with one attached hydrogen (secondary N) is 1. The molecule has 0 aliphatic carbocycles. The molecule has 19 heavy (non-hydrogen) atoms. The molecular formula is C13H20N2O3S. The average molecular weight is 284 g/mol. The monoisotopic (exact) mass is 284 g/mol. The molecule has 2 N–H and O–H groups in total. The van der Waals surface area contributed by atoms with Crippen LogP contribution >= 0.6 is 11.3 Å². The molecule has 1 aromatic heterocycles. The zero-order valence-electron chi connectivity index (χ0n) is 11.7. The third kappa shape index (κ3) is 5.38. The Morgan fingerprint density at radius 1 is 1.42 bits per heavy atom. The number of nitrogens with zero attached hydrogens (tertiary/aromatic N) is 1. The van der Waals surface area contributed by atoms with Crippen molar-refractivity contribution in [1.82, 2.24) is 4.98 Å². The summed E-state index contributed by atoms with van der Waals surface area (Å²) in [6.45, 7) is 7.92. The Morgan fingerprint density at radius 3 is 2.53 bits per heavy atom. The third-order valence-corrected chi connectivity index (χ3v) is 3.33. The standard InChI is InChI=1S/C13H20N2O3S/c1-8(6-11(17)18)5-10(16)15-12-14-9(7-19-12)13(2,3)4/h7-8H,5-6H2,1-4H3,(H,17,18)(H,14,15,16). The topological polar surface area (TPSA) is 79.3 Å². The highest BCUT2D eigenvalue weighted by Crippen LogP contribution is 2.26. The van der Waals surface area contributed by atoms with Crippen molar-refractivity contribution in [3.05, 3.63) is 11.1 Å². The smallest absolute Gasteiger partial charge is 0.303 e. The largest absolute Gasteiger partial charge is 0.481 e. The highest BCUT2D eigenvalue weighted by Gasteiger charge is 2.19. The molecule has 1 atom stereocenters. The van der Waals surface area contributed by atoms with E-state index >= 15 is 0 Å². The van der Waals surface area contributed by atoms with Crippen LogP contribution in [0.2, 0.25) is 0 Å². The van der Waals surface area contributed by atoms with Gasteiger partial charge in [0.05, 0.1) is 5.69 Å². The third-order valence-electron chi connectivity index (χ3n) is 2.58. The minimum absolute atomic E-state index is 0.00146. The van der Waals surface area contributed by atoms with Crippen molar-refractivity contribution in [1.29, 1.82) is 0 Å². The van der Waals surface area contributed by atoms with Crippen LogP contribution in [0.5, 0.6) is 0 Å². The summed E-state index contributed by atoms with van der Waals surface area (Å²) < 4.78 is 0. The minimum Gasteiger partial charge on any atom is -0.481 e. The number of aliphatic carboxylic acids is 1. The molecule has 1 aromatic rings. The highest BCUT2D eigenvalue weighted by molar-refractivity contribution is 7.13. The Kier molecular flexibility index (Phi) is 5.05. The number of carbonyl (C=O) groups excluding carboxylic acids is 1. The van der Waals surface area contributed by atoms with Crippen molar-refractivity contribution in [2.45, 2.75) is 46.0 Å². The van der Waals surface area contributed by atoms with Crippen molar-refractivity contribution in [2.75, 3.05) is 5.32 Å². The number of hydrogen-bond donors (Lipinski definition) is 2. The molecule has 1 amide bonds. The van der Waals surface area contributed by atoms with Crippen LogP contribution in [0.25, 0.3) is 0 Å². The number of carboxylic acids is 1. The maximum Gasteiger partial charge on any atom is 0.303 e. The maximum absolute atomic E-state index is 11.7. The van der Waals surface area contributed by atoms with Crippen LogP contribution in [0.3, 0.4) is 0 Å². The fourth-order valence-corrected chi connectivity index (χ4v) is 2.49. The molecule has 0 aliphatic heterocycles. The van der Waals surface area contributed by atoms with Crippen LogP contribution in [0, 0.1) is 5.92 Å². The van der Waals surface area contributed by atoms with Gasteiger partial charge in [0.1, 0.15) is 0 Å². The van der Waals surface area contributed by atoms with Crippen LogP contribution in [0.4, 0.5) is 5.13 Å². The number of carboxylic acid groups (broad SMARTS) is 1. The second-order valence-corrected chi connectivity index (χ2v) is 6.60. The second-order valence-electron chi connectivity index (χ2n) is 5.74. The highest BCUT2D eigenvalue weighted by atomic mass is 32.1. The first kappa shape index (κ1) is 15.6. The Bertz CT molecular complexity index is 463. The van der Waals surface area contributed by atoms with Gasteiger partial charge in [0.25, 0.3) is 0 Å². The van der Waals surface area contributed by atoms with Crippen molar-refractivity contribution in [2.24, 2.45) is 5.92 Å². The molecular weight excluding hydrogens is 264 g/mol. The van der Waals surface area contributed by atoms with Crippen molar-refractivity contribution in [3.8, 4) is 0 Å². The summed E-state index contributed by atoms with van der Waals surface area (Å²) in [4.78, 5) is 26.6. The van der Waals surface area contributed by atoms with E-state index in [2.05, 4.69) is 31.1 Å². The summed E-state index contributed by atoms with van der Waals surface area (Å²) in [5, 5.41) is 13.8. The van der Waals surface area contributed by atoms with Gasteiger partial charge in [0.2, 0.25) is 5.91 Å². The van der Waals surface area contributed by atoms with Gasteiger partial charge < -0.3 is 10.4 Å². The van der Waals surface area contributed by atoms with Gasteiger partial charge in [-0.15, -0.1) is 11.3 Å². The maximum atomic E-state index is 11.7. The summed E-state index contributed by atoms with van der Waals surface area (Å²) in [6.07, 6.45) is 0.190. The molecule has 0 saturated carbocycles. The second kappa shape index (κ2) is 6.14. The van der Waals surface area contributed by atoms with Crippen LogP contribution in [0.15, 0.2) is 5.38 Å². The number of amides is 1. The lowest BCUT2D eigenvalue weighted by molar-refractivity contribution is -0.138. The first-order chi connectivity index (χ1) is 8.68. The number of anilines is 1. The predicted octanol–water partition coefficient (Wildman–Crippen LogP) is 2.88. The lowest BCUT2D eigenvalue weighted by Gasteiger charge is -2.14. The van der Waals surface area contributed by atoms with E-state index < -0.39 is 5.97 Å². The number of thiazole rings is 1. The molecule has 106 valence electrons. The van der Waals surface area contributed by atoms with Crippen LogP contribution in [-0.2, 0) is 15.0 Å². The van der Waals surface area contributed by atoms with Crippen molar-refractivity contribution < 1.29 is 14.7 Å². The summed E-state index contributed by atoms with van der Waals surface area (Å²) >= 11 is 1.39. The molecule has 0 bridgehead atoms. The van der Waals surface area contributed by atoms with Crippen LogP contribution in [-0.4, -0.2) is 22.0 Å². The predicted molar refractivity (Wildman–Crippen MR) is 75.5 cm³/mol. The number of aromatic nitrogens is 1. The Hall–Kier alpha value is -1.43. The fourth-order valence-electron chi connectivity index (χ4n) is 1.53. The van der Waals surface area contributed by atoms with E-state index in [0.29, 0.717) is 5.13 Å². The van der Waals surface area contributed by atoms with E-state index in [4.69, 9.17) is 5.11 Å². The molecule has 1 unspecified atom stereocenters. The summed E-state index contributed by atoms with van der Waals surface area (Å²) in [7, 11) is 0. The molecule has 1 heterocycles. The lowest BCUT2D eigenvalue weighted by Crippen LogP contribution is -2.17. The Labute approximate surface area is 117 Å². The quantitative estimate of drug-likeness (QED) is 0.871. The van der Waals surface area contributed by atoms with E-state index in [0.717, 1.165) is 5.69 Å². The Morgan fingerprint density at radius 2 is 2.05 bits per heavy atom. The van der Waals surface area contributed by atoms with Crippen LogP contribution in [0.1, 0.15) is 46.2 Å². The molecule has 0 radical (unpaired) electrons. The first-order valence-electron chi connectivity index (χ1n) is 6.16. The van der Waals surface area contributed by atoms with Crippen molar-refractivity contribution in [3.63, 3.8) is 0 Å². The summed E-state index contributed by atoms with van der Waals surface area (Å²) in [5.74, 6) is -1.26. The van der Waals surface area contributed by atoms with Crippen LogP contribution < -0.4 is 5.32 Å². The normalized spacial score (nSPS) is 13.1. The minimum atomic E-state index is -0.885. The SMILES string of the molecule is CC(CC(=O)O)CC(=O)Nc1nc(C(C)(C)C)cs1. The lowest BCUT2D eigenvalue weighted by atomic mass is 9.93. The number of hydrogen-bond acceptors (Lipinski definition) is 4. The Balaban J connectivity index is 2.53. The van der Waals surface area contributed by atoms with Gasteiger partial charge in [-0.25, -0.2) is 4.98 Å². The van der Waals surface area contributed by atoms with E-state index in [1.165, 1.54) is 11.3 Å². The van der Waals surface area contributed by atoms with E-state index in [9.17, 15) is 9.59 Å². The van der Waals surface area contributed by atoms with Gasteiger partial charge in [0.15, 0.2) is 5.13 Å². The van der Waals surface area contributed by atoms with E-state index in [1.807, 2.05) is 5.38 Å². The molecule has 0 saturated heterocycles. The van der Waals surface area contributed by atoms with E-state index in [1.54, 1.807) is 6.92 Å². The molecule has 0 spiro atoms. The summed E-state index contributed by atoms with van der Waals surface area (Å²) in [6, 6.07) is 0. The van der Waals surface area contributed by atoms with Gasteiger partial charge in [-0.05, 0) is 5.92 Å². The zero-order chi connectivity index (χ0) is 14.6. The number of rotatable bonds is 5. The molecule has 1 rings (SSSR count). The van der Waals surface area contributed by atoms with Gasteiger partial charge >= 0.3 is 5.97 Å². The van der Waals surface area contributed by atoms with Gasteiger partial charge in [0, 0.05) is 23.6 Å². The van der Waals surface area contributed by atoms with Gasteiger partial charge in [-0.3, -0.25) is 9.59 Å². The molecule has 0 fully saturated rings. The van der Waals surface area contributed by atoms with Gasteiger partial charge in [-0.1, -0.05) is 27.7 Å². The zero-order valence-corrected chi connectivity index (χ0v) is 12.5. The van der Waals surface area contributed by atoms with Crippen molar-refractivity contribution >= 4 is 28.3 Å². The molecule has 0 aliphatic rings. The summed E-state index contributed by atoms with van der Waals surface area (Å²) in [5.41, 5.74) is 0.891. The molecule has 0 aromatic carbocycles.